The highest BCUT2D eigenvalue weighted by molar-refractivity contribution is 5.98. The van der Waals surface area contributed by atoms with Crippen molar-refractivity contribution in [1.29, 1.82) is 0 Å². The Morgan fingerprint density at radius 2 is 2.29 bits per heavy atom. The van der Waals surface area contributed by atoms with Crippen molar-refractivity contribution in [1.82, 2.24) is 4.90 Å². The zero-order valence-electron chi connectivity index (χ0n) is 11.7. The number of halogens is 1. The van der Waals surface area contributed by atoms with Crippen LogP contribution in [0.1, 0.15) is 16.8 Å². The first kappa shape index (κ1) is 17.2. The lowest BCUT2D eigenvalue weighted by atomic mass is 10.1. The Hall–Kier alpha value is -1.86. The van der Waals surface area contributed by atoms with Gasteiger partial charge < -0.3 is 15.4 Å². The number of nitro benzene ring substituents is 1. The molecule has 1 aliphatic rings. The zero-order chi connectivity index (χ0) is 14.7. The van der Waals surface area contributed by atoms with E-state index in [-0.39, 0.29) is 35.5 Å². The normalized spacial score (nSPS) is 17.2. The molecule has 0 bridgehead atoms. The number of nitrogens with zero attached hydrogens (tertiary/aromatic N) is 2. The van der Waals surface area contributed by atoms with Crippen LogP contribution in [-0.4, -0.2) is 42.5 Å². The Kier molecular flexibility index (Phi) is 5.92. The summed E-state index contributed by atoms with van der Waals surface area (Å²) >= 11 is 0. The molecule has 1 aromatic rings. The van der Waals surface area contributed by atoms with Crippen molar-refractivity contribution < 1.29 is 14.5 Å². The van der Waals surface area contributed by atoms with Gasteiger partial charge in [-0.3, -0.25) is 14.9 Å². The second-order valence-corrected chi connectivity index (χ2v) is 4.78. The number of nitrogens with two attached hydrogens (primary N) is 1. The van der Waals surface area contributed by atoms with Crippen molar-refractivity contribution in [2.24, 2.45) is 11.7 Å². The monoisotopic (exact) mass is 315 g/mol. The first-order valence-electron chi connectivity index (χ1n) is 6.38. The molecule has 0 saturated carbocycles. The van der Waals surface area contributed by atoms with E-state index in [1.165, 1.54) is 25.3 Å². The van der Waals surface area contributed by atoms with Crippen LogP contribution in [-0.2, 0) is 0 Å². The van der Waals surface area contributed by atoms with Gasteiger partial charge in [0.05, 0.1) is 12.0 Å². The van der Waals surface area contributed by atoms with Crippen LogP contribution in [0.3, 0.4) is 0 Å². The summed E-state index contributed by atoms with van der Waals surface area (Å²) in [7, 11) is 1.45. The average Bonchev–Trinajstić information content (AvgIpc) is 2.94. The molecule has 1 aliphatic heterocycles. The lowest BCUT2D eigenvalue weighted by Gasteiger charge is -2.16. The summed E-state index contributed by atoms with van der Waals surface area (Å²) < 4.78 is 5.03. The van der Waals surface area contributed by atoms with Gasteiger partial charge in [0.15, 0.2) is 0 Å². The molecular weight excluding hydrogens is 298 g/mol. The summed E-state index contributed by atoms with van der Waals surface area (Å²) in [5.41, 5.74) is 5.45. The molecule has 0 aliphatic carbocycles. The van der Waals surface area contributed by atoms with Crippen LogP contribution < -0.4 is 10.5 Å². The molecule has 7 nitrogen and oxygen atoms in total. The second kappa shape index (κ2) is 7.24. The maximum atomic E-state index is 12.4. The van der Waals surface area contributed by atoms with E-state index in [1.54, 1.807) is 4.90 Å². The maximum Gasteiger partial charge on any atom is 0.282 e. The number of hydrogen-bond donors (Lipinski definition) is 1. The smallest absolute Gasteiger partial charge is 0.282 e. The minimum atomic E-state index is -0.552. The van der Waals surface area contributed by atoms with Crippen molar-refractivity contribution in [2.75, 3.05) is 26.7 Å². The van der Waals surface area contributed by atoms with Crippen molar-refractivity contribution >= 4 is 24.0 Å². The van der Waals surface area contributed by atoms with Crippen LogP contribution in [0.2, 0.25) is 0 Å². The number of benzene rings is 1. The topological polar surface area (TPSA) is 98.7 Å². The van der Waals surface area contributed by atoms with Gasteiger partial charge in [-0.2, -0.15) is 0 Å². The molecule has 0 radical (unpaired) electrons. The summed E-state index contributed by atoms with van der Waals surface area (Å²) in [6, 6.07) is 4.18. The Morgan fingerprint density at radius 3 is 2.81 bits per heavy atom. The largest absolute Gasteiger partial charge is 0.497 e. The first-order chi connectivity index (χ1) is 9.56. The molecule has 1 saturated heterocycles. The Bertz CT molecular complexity index is 538. The van der Waals surface area contributed by atoms with Crippen LogP contribution in [0.25, 0.3) is 0 Å². The van der Waals surface area contributed by atoms with Crippen LogP contribution in [0.5, 0.6) is 5.75 Å². The van der Waals surface area contributed by atoms with Crippen LogP contribution >= 0.6 is 12.4 Å². The van der Waals surface area contributed by atoms with Gasteiger partial charge in [-0.05, 0) is 31.0 Å². The lowest BCUT2D eigenvalue weighted by molar-refractivity contribution is -0.385. The fraction of sp³-hybridized carbons (Fsp3) is 0.462. The average molecular weight is 316 g/mol. The van der Waals surface area contributed by atoms with E-state index in [9.17, 15) is 14.9 Å². The number of carbonyl (C=O) groups is 1. The van der Waals surface area contributed by atoms with Gasteiger partial charge in [-0.15, -0.1) is 12.4 Å². The van der Waals surface area contributed by atoms with Crippen molar-refractivity contribution in [3.05, 3.63) is 33.9 Å². The number of hydrogen-bond acceptors (Lipinski definition) is 5. The summed E-state index contributed by atoms with van der Waals surface area (Å²) in [5, 5.41) is 11.0. The number of ether oxygens (including phenoxy) is 1. The number of amides is 1. The number of nitro groups is 1. The number of rotatable bonds is 4. The lowest BCUT2D eigenvalue weighted by Crippen LogP contribution is -2.30. The highest BCUT2D eigenvalue weighted by Gasteiger charge is 2.30. The van der Waals surface area contributed by atoms with Gasteiger partial charge in [0.2, 0.25) is 0 Å². The third-order valence-corrected chi connectivity index (χ3v) is 3.54. The van der Waals surface area contributed by atoms with E-state index >= 15 is 0 Å². The molecule has 116 valence electrons. The number of likely N-dealkylation sites (tertiary alicyclic amines) is 1. The zero-order valence-corrected chi connectivity index (χ0v) is 12.5. The molecule has 1 unspecified atom stereocenters. The van der Waals surface area contributed by atoms with E-state index in [1.807, 2.05) is 0 Å². The minimum Gasteiger partial charge on any atom is -0.497 e. The molecule has 2 N–H and O–H groups in total. The quantitative estimate of drug-likeness (QED) is 0.669. The van der Waals surface area contributed by atoms with Gasteiger partial charge in [0.1, 0.15) is 11.3 Å². The summed E-state index contributed by atoms with van der Waals surface area (Å²) in [4.78, 5) is 24.5. The van der Waals surface area contributed by atoms with Crippen LogP contribution in [0.15, 0.2) is 18.2 Å². The SMILES string of the molecule is COc1ccc([N+](=O)[O-])c(C(=O)N2CCC(CN)C2)c1.Cl. The fourth-order valence-electron chi connectivity index (χ4n) is 2.35. The standard InChI is InChI=1S/C13H17N3O4.ClH/c1-20-10-2-3-12(16(18)19)11(6-10)13(17)15-5-4-9(7-14)8-15;/h2-3,6,9H,4-5,7-8,14H2,1H3;1H. The van der Waals surface area contributed by atoms with Crippen molar-refractivity contribution in [3.63, 3.8) is 0 Å². The van der Waals surface area contributed by atoms with Crippen LogP contribution in [0, 0.1) is 16.0 Å². The summed E-state index contributed by atoms with van der Waals surface area (Å²) in [6.07, 6.45) is 0.833. The van der Waals surface area contributed by atoms with E-state index < -0.39 is 4.92 Å². The van der Waals surface area contributed by atoms with Gasteiger partial charge in [-0.25, -0.2) is 0 Å². The van der Waals surface area contributed by atoms with Gasteiger partial charge >= 0.3 is 0 Å². The molecule has 1 atom stereocenters. The van der Waals surface area contributed by atoms with Crippen molar-refractivity contribution in [3.8, 4) is 5.75 Å². The van der Waals surface area contributed by atoms with E-state index in [0.717, 1.165) is 6.42 Å². The summed E-state index contributed by atoms with van der Waals surface area (Å²) in [5.74, 6) is 0.351. The number of carbonyl (C=O) groups excluding carboxylic acids is 1. The van der Waals surface area contributed by atoms with Gasteiger partial charge in [-0.1, -0.05) is 0 Å². The molecule has 1 fully saturated rings. The molecule has 2 rings (SSSR count). The molecular formula is C13H18ClN3O4. The maximum absolute atomic E-state index is 12.4. The Labute approximate surface area is 128 Å². The highest BCUT2D eigenvalue weighted by Crippen LogP contribution is 2.27. The predicted molar refractivity (Wildman–Crippen MR) is 80.0 cm³/mol. The van der Waals surface area contributed by atoms with Gasteiger partial charge in [0.25, 0.3) is 11.6 Å². The minimum absolute atomic E-state index is 0. The molecule has 0 spiro atoms. The van der Waals surface area contributed by atoms with Gasteiger partial charge in [0, 0.05) is 19.2 Å². The van der Waals surface area contributed by atoms with E-state index in [4.69, 9.17) is 10.5 Å². The fourth-order valence-corrected chi connectivity index (χ4v) is 2.35. The third kappa shape index (κ3) is 3.62. The molecule has 0 aromatic heterocycles. The second-order valence-electron chi connectivity index (χ2n) is 4.78. The Morgan fingerprint density at radius 1 is 1.57 bits per heavy atom. The molecule has 1 aromatic carbocycles. The molecule has 1 amide bonds. The summed E-state index contributed by atoms with van der Waals surface area (Å²) in [6.45, 7) is 1.64. The molecule has 1 heterocycles. The van der Waals surface area contributed by atoms with Crippen LogP contribution in [0.4, 0.5) is 5.69 Å². The molecule has 8 heteroatoms. The third-order valence-electron chi connectivity index (χ3n) is 3.54. The predicted octanol–water partition coefficient (Wildman–Crippen LogP) is 1.45. The molecule has 21 heavy (non-hydrogen) atoms. The van der Waals surface area contributed by atoms with E-state index in [2.05, 4.69) is 0 Å². The number of methoxy groups -OCH3 is 1. The Balaban J connectivity index is 0.00000220. The highest BCUT2D eigenvalue weighted by atomic mass is 35.5. The van der Waals surface area contributed by atoms with E-state index in [0.29, 0.717) is 25.4 Å². The first-order valence-corrected chi connectivity index (χ1v) is 6.38. The van der Waals surface area contributed by atoms with Crippen molar-refractivity contribution in [2.45, 2.75) is 6.42 Å².